The van der Waals surface area contributed by atoms with Crippen molar-refractivity contribution < 1.29 is 14.6 Å². The van der Waals surface area contributed by atoms with Gasteiger partial charge in [0.05, 0.1) is 11.7 Å². The fourth-order valence-corrected chi connectivity index (χ4v) is 3.63. The summed E-state index contributed by atoms with van der Waals surface area (Å²) < 4.78 is 5.93. The summed E-state index contributed by atoms with van der Waals surface area (Å²) in [5, 5.41) is 13.2. The van der Waals surface area contributed by atoms with Crippen LogP contribution < -0.4 is 5.32 Å². The van der Waals surface area contributed by atoms with E-state index >= 15 is 0 Å². The molecule has 0 bridgehead atoms. The molecule has 1 aliphatic carbocycles. The summed E-state index contributed by atoms with van der Waals surface area (Å²) in [5.74, 6) is -0.432. The Bertz CT molecular complexity index is 382. The summed E-state index contributed by atoms with van der Waals surface area (Å²) in [6.45, 7) is 11.2. The quantitative estimate of drug-likeness (QED) is 0.749. The summed E-state index contributed by atoms with van der Waals surface area (Å²) in [7, 11) is 0. The van der Waals surface area contributed by atoms with Gasteiger partial charge in [0.15, 0.2) is 0 Å². The molecule has 0 aromatic rings. The maximum Gasteiger partial charge on any atom is 0.325 e. The zero-order chi connectivity index (χ0) is 15.7. The van der Waals surface area contributed by atoms with Gasteiger partial charge in [0, 0.05) is 19.6 Å². The first-order valence-electron chi connectivity index (χ1n) is 8.17. The Kier molecular flexibility index (Phi) is 4.96. The Morgan fingerprint density at radius 3 is 2.62 bits per heavy atom. The van der Waals surface area contributed by atoms with Crippen LogP contribution in [0, 0.1) is 5.92 Å². The van der Waals surface area contributed by atoms with Crippen LogP contribution in [0.15, 0.2) is 0 Å². The molecule has 0 spiro atoms. The molecule has 1 saturated carbocycles. The lowest BCUT2D eigenvalue weighted by atomic mass is 9.90. The minimum Gasteiger partial charge on any atom is -0.480 e. The molecule has 2 N–H and O–H groups in total. The van der Waals surface area contributed by atoms with Gasteiger partial charge in [0.1, 0.15) is 5.54 Å². The number of morpholine rings is 1. The first-order chi connectivity index (χ1) is 9.79. The van der Waals surface area contributed by atoms with Crippen LogP contribution in [0.3, 0.4) is 0 Å². The van der Waals surface area contributed by atoms with Gasteiger partial charge < -0.3 is 15.2 Å². The van der Waals surface area contributed by atoms with Gasteiger partial charge in [-0.3, -0.25) is 9.69 Å². The van der Waals surface area contributed by atoms with E-state index in [0.717, 1.165) is 38.9 Å². The van der Waals surface area contributed by atoms with Crippen LogP contribution in [0.2, 0.25) is 0 Å². The molecule has 1 heterocycles. The Hall–Kier alpha value is -0.650. The van der Waals surface area contributed by atoms with Crippen molar-refractivity contribution in [3.63, 3.8) is 0 Å². The number of nitrogens with zero attached hydrogens (tertiary/aromatic N) is 1. The molecule has 122 valence electrons. The van der Waals surface area contributed by atoms with Crippen molar-refractivity contribution in [1.82, 2.24) is 10.2 Å². The zero-order valence-corrected chi connectivity index (χ0v) is 13.8. The highest BCUT2D eigenvalue weighted by Gasteiger charge is 2.52. The van der Waals surface area contributed by atoms with Gasteiger partial charge in [0.2, 0.25) is 0 Å². The molecule has 2 aliphatic rings. The molecule has 2 atom stereocenters. The van der Waals surface area contributed by atoms with Crippen molar-refractivity contribution in [1.29, 1.82) is 0 Å². The van der Waals surface area contributed by atoms with E-state index in [9.17, 15) is 9.90 Å². The van der Waals surface area contributed by atoms with Crippen molar-refractivity contribution in [3.8, 4) is 0 Å². The summed E-state index contributed by atoms with van der Waals surface area (Å²) in [5.41, 5.74) is -1.00. The summed E-state index contributed by atoms with van der Waals surface area (Å²) in [4.78, 5) is 14.3. The third-order valence-electron chi connectivity index (χ3n) is 4.46. The highest BCUT2D eigenvalue weighted by molar-refractivity contribution is 5.80. The average Bonchev–Trinajstić information content (AvgIpc) is 3.15. The molecule has 21 heavy (non-hydrogen) atoms. The number of hydrogen-bond donors (Lipinski definition) is 2. The number of rotatable bonds is 7. The number of carbonyl (C=O) groups is 1. The topological polar surface area (TPSA) is 61.8 Å². The van der Waals surface area contributed by atoms with Gasteiger partial charge in [-0.2, -0.15) is 0 Å². The minimum absolute atomic E-state index is 0.144. The number of carboxylic acids is 1. The first kappa shape index (κ1) is 16.7. The Labute approximate surface area is 128 Å². The molecule has 5 nitrogen and oxygen atoms in total. The molecule has 0 aromatic heterocycles. The van der Waals surface area contributed by atoms with Crippen molar-refractivity contribution >= 4 is 5.97 Å². The number of nitrogens with one attached hydrogen (secondary N) is 1. The average molecular weight is 298 g/mol. The van der Waals surface area contributed by atoms with E-state index in [4.69, 9.17) is 4.74 Å². The van der Waals surface area contributed by atoms with Gasteiger partial charge in [-0.15, -0.1) is 0 Å². The summed E-state index contributed by atoms with van der Waals surface area (Å²) in [6.07, 6.45) is 3.14. The molecular formula is C16H30N2O3. The molecule has 5 heteroatoms. The second-order valence-corrected chi connectivity index (χ2v) is 7.34. The minimum atomic E-state index is -0.789. The van der Waals surface area contributed by atoms with E-state index in [1.807, 2.05) is 0 Å². The number of ether oxygens (including phenoxy) is 1. The van der Waals surface area contributed by atoms with Crippen molar-refractivity contribution in [2.45, 2.75) is 64.2 Å². The molecular weight excluding hydrogens is 268 g/mol. The van der Waals surface area contributed by atoms with E-state index in [1.165, 1.54) is 0 Å². The third-order valence-corrected chi connectivity index (χ3v) is 4.46. The van der Waals surface area contributed by atoms with E-state index in [0.29, 0.717) is 6.54 Å². The lowest BCUT2D eigenvalue weighted by Crippen LogP contribution is -2.64. The lowest BCUT2D eigenvalue weighted by Gasteiger charge is -2.45. The van der Waals surface area contributed by atoms with E-state index in [-0.39, 0.29) is 17.6 Å². The highest BCUT2D eigenvalue weighted by Crippen LogP contribution is 2.41. The van der Waals surface area contributed by atoms with Crippen LogP contribution in [0.4, 0.5) is 0 Å². The number of hydrogen-bond acceptors (Lipinski definition) is 4. The van der Waals surface area contributed by atoms with E-state index in [1.54, 1.807) is 0 Å². The van der Waals surface area contributed by atoms with Crippen LogP contribution >= 0.6 is 0 Å². The molecule has 2 rings (SSSR count). The SMILES string of the molecule is CCCNC(CN1CC(C)OC(C)(C)C1)(C(=O)O)C1CC1. The van der Waals surface area contributed by atoms with Crippen LogP contribution in [0.5, 0.6) is 0 Å². The maximum absolute atomic E-state index is 12.0. The van der Waals surface area contributed by atoms with Crippen LogP contribution in [-0.2, 0) is 9.53 Å². The molecule has 1 aliphatic heterocycles. The fourth-order valence-electron chi connectivity index (χ4n) is 3.63. The summed E-state index contributed by atoms with van der Waals surface area (Å²) >= 11 is 0. The predicted octanol–water partition coefficient (Wildman–Crippen LogP) is 1.72. The fraction of sp³-hybridized carbons (Fsp3) is 0.938. The largest absolute Gasteiger partial charge is 0.480 e. The Balaban J connectivity index is 2.12. The number of aliphatic carboxylic acids is 1. The lowest BCUT2D eigenvalue weighted by molar-refractivity contribution is -0.154. The van der Waals surface area contributed by atoms with Crippen LogP contribution in [0.25, 0.3) is 0 Å². The van der Waals surface area contributed by atoms with Crippen LogP contribution in [-0.4, -0.2) is 59.4 Å². The highest BCUT2D eigenvalue weighted by atomic mass is 16.5. The second kappa shape index (κ2) is 6.23. The maximum atomic E-state index is 12.0. The Morgan fingerprint density at radius 1 is 1.48 bits per heavy atom. The third kappa shape index (κ3) is 3.96. The van der Waals surface area contributed by atoms with Gasteiger partial charge in [-0.1, -0.05) is 6.92 Å². The van der Waals surface area contributed by atoms with E-state index < -0.39 is 11.5 Å². The monoisotopic (exact) mass is 298 g/mol. The van der Waals surface area contributed by atoms with Gasteiger partial charge in [-0.05, 0) is 52.5 Å². The van der Waals surface area contributed by atoms with Crippen LogP contribution in [0.1, 0.15) is 47.0 Å². The van der Waals surface area contributed by atoms with Gasteiger partial charge in [-0.25, -0.2) is 0 Å². The number of carboxylic acid groups (broad SMARTS) is 1. The molecule has 0 radical (unpaired) electrons. The normalized spacial score (nSPS) is 29.0. The molecule has 1 saturated heterocycles. The zero-order valence-electron chi connectivity index (χ0n) is 13.8. The molecule has 0 aromatic carbocycles. The first-order valence-corrected chi connectivity index (χ1v) is 8.17. The van der Waals surface area contributed by atoms with Gasteiger partial charge >= 0.3 is 5.97 Å². The van der Waals surface area contributed by atoms with Crippen molar-refractivity contribution in [2.75, 3.05) is 26.2 Å². The molecule has 2 fully saturated rings. The summed E-state index contributed by atoms with van der Waals surface area (Å²) in [6, 6.07) is 0. The Morgan fingerprint density at radius 2 is 2.14 bits per heavy atom. The van der Waals surface area contributed by atoms with Gasteiger partial charge in [0.25, 0.3) is 0 Å². The standard InChI is InChI=1S/C16H30N2O3/c1-5-8-17-16(14(19)20,13-6-7-13)11-18-9-12(2)21-15(3,4)10-18/h12-13,17H,5-11H2,1-4H3,(H,19,20). The van der Waals surface area contributed by atoms with E-state index in [2.05, 4.69) is 37.9 Å². The smallest absolute Gasteiger partial charge is 0.325 e. The predicted molar refractivity (Wildman–Crippen MR) is 82.5 cm³/mol. The molecule has 2 unspecified atom stereocenters. The molecule has 0 amide bonds. The van der Waals surface area contributed by atoms with Crippen molar-refractivity contribution in [3.05, 3.63) is 0 Å². The second-order valence-electron chi connectivity index (χ2n) is 7.34. The van der Waals surface area contributed by atoms with Crippen molar-refractivity contribution in [2.24, 2.45) is 5.92 Å².